The van der Waals surface area contributed by atoms with E-state index in [1.807, 2.05) is 10.9 Å². The van der Waals surface area contributed by atoms with Crippen LogP contribution >= 0.6 is 0 Å². The third-order valence-electron chi connectivity index (χ3n) is 1.70. The molecule has 0 bridgehead atoms. The standard InChI is InChI=1S/C9H17N3/c1-7(2)5-12-6-9(8(3)4)10-11-12/h6-8H,5H2,1-4H3. The van der Waals surface area contributed by atoms with Crippen LogP contribution in [0.25, 0.3) is 0 Å². The number of nitrogens with zero attached hydrogens (tertiary/aromatic N) is 3. The van der Waals surface area contributed by atoms with Gasteiger partial charge in [0.1, 0.15) is 0 Å². The summed E-state index contributed by atoms with van der Waals surface area (Å²) in [4.78, 5) is 0. The summed E-state index contributed by atoms with van der Waals surface area (Å²) < 4.78 is 1.92. The number of rotatable bonds is 3. The van der Waals surface area contributed by atoms with Gasteiger partial charge in [-0.1, -0.05) is 32.9 Å². The first-order chi connectivity index (χ1) is 5.59. The van der Waals surface area contributed by atoms with E-state index in [0.29, 0.717) is 11.8 Å². The number of aromatic nitrogens is 3. The monoisotopic (exact) mass is 167 g/mol. The average molecular weight is 167 g/mol. The Bertz CT molecular complexity index is 238. The molecule has 0 fully saturated rings. The Balaban J connectivity index is 2.64. The molecule has 0 aliphatic rings. The van der Waals surface area contributed by atoms with Gasteiger partial charge in [0.05, 0.1) is 5.69 Å². The Kier molecular flexibility index (Phi) is 2.84. The lowest BCUT2D eigenvalue weighted by atomic mass is 10.1. The molecule has 1 aromatic rings. The van der Waals surface area contributed by atoms with Crippen molar-refractivity contribution in [3.05, 3.63) is 11.9 Å². The van der Waals surface area contributed by atoms with Gasteiger partial charge < -0.3 is 0 Å². The molecule has 12 heavy (non-hydrogen) atoms. The first-order valence-corrected chi connectivity index (χ1v) is 4.49. The molecular formula is C9H17N3. The van der Waals surface area contributed by atoms with E-state index in [4.69, 9.17) is 0 Å². The van der Waals surface area contributed by atoms with Crippen molar-refractivity contribution in [3.8, 4) is 0 Å². The van der Waals surface area contributed by atoms with E-state index in [9.17, 15) is 0 Å². The Morgan fingerprint density at radius 2 is 2.00 bits per heavy atom. The van der Waals surface area contributed by atoms with Crippen LogP contribution in [0.4, 0.5) is 0 Å². The first kappa shape index (κ1) is 9.23. The molecule has 0 aliphatic heterocycles. The summed E-state index contributed by atoms with van der Waals surface area (Å²) in [5, 5.41) is 8.13. The van der Waals surface area contributed by atoms with Gasteiger partial charge in [0, 0.05) is 12.7 Å². The minimum Gasteiger partial charge on any atom is -0.252 e. The molecule has 0 unspecified atom stereocenters. The Labute approximate surface area is 73.8 Å². The number of hydrogen-bond acceptors (Lipinski definition) is 2. The van der Waals surface area contributed by atoms with E-state index in [-0.39, 0.29) is 0 Å². The van der Waals surface area contributed by atoms with Gasteiger partial charge in [-0.05, 0) is 11.8 Å². The molecule has 0 atom stereocenters. The van der Waals surface area contributed by atoms with Gasteiger partial charge in [0.2, 0.25) is 0 Å². The summed E-state index contributed by atoms with van der Waals surface area (Å²) >= 11 is 0. The summed E-state index contributed by atoms with van der Waals surface area (Å²) in [6.45, 7) is 9.57. The van der Waals surface area contributed by atoms with Crippen molar-refractivity contribution in [3.63, 3.8) is 0 Å². The van der Waals surface area contributed by atoms with E-state index in [1.54, 1.807) is 0 Å². The molecule has 0 N–H and O–H groups in total. The summed E-state index contributed by atoms with van der Waals surface area (Å²) in [6.07, 6.45) is 2.03. The second-order valence-electron chi connectivity index (χ2n) is 3.91. The smallest absolute Gasteiger partial charge is 0.0852 e. The summed E-state index contributed by atoms with van der Waals surface area (Å²) in [6, 6.07) is 0. The largest absolute Gasteiger partial charge is 0.252 e. The van der Waals surface area contributed by atoms with Crippen LogP contribution < -0.4 is 0 Å². The van der Waals surface area contributed by atoms with E-state index >= 15 is 0 Å². The molecule has 0 aliphatic carbocycles. The predicted molar refractivity (Wildman–Crippen MR) is 48.9 cm³/mol. The van der Waals surface area contributed by atoms with Crippen molar-refractivity contribution in [2.24, 2.45) is 5.92 Å². The van der Waals surface area contributed by atoms with Gasteiger partial charge >= 0.3 is 0 Å². The van der Waals surface area contributed by atoms with Gasteiger partial charge in [-0.15, -0.1) is 5.10 Å². The van der Waals surface area contributed by atoms with Gasteiger partial charge in [-0.25, -0.2) is 0 Å². The summed E-state index contributed by atoms with van der Waals surface area (Å²) in [5.74, 6) is 1.11. The lowest BCUT2D eigenvalue weighted by Gasteiger charge is -2.02. The van der Waals surface area contributed by atoms with Crippen molar-refractivity contribution >= 4 is 0 Å². The van der Waals surface area contributed by atoms with Crippen LogP contribution in [-0.4, -0.2) is 15.0 Å². The highest BCUT2D eigenvalue weighted by molar-refractivity contribution is 4.97. The molecule has 0 spiro atoms. The van der Waals surface area contributed by atoms with E-state index in [1.165, 1.54) is 0 Å². The molecule has 0 aromatic carbocycles. The van der Waals surface area contributed by atoms with Crippen molar-refractivity contribution in [2.75, 3.05) is 0 Å². The minimum absolute atomic E-state index is 0.478. The zero-order valence-electron chi connectivity index (χ0n) is 8.28. The average Bonchev–Trinajstić information content (AvgIpc) is 2.34. The SMILES string of the molecule is CC(C)Cn1cc(C(C)C)nn1. The molecule has 0 saturated heterocycles. The molecule has 3 heteroatoms. The Morgan fingerprint density at radius 3 is 2.42 bits per heavy atom. The zero-order valence-corrected chi connectivity index (χ0v) is 8.28. The molecule has 0 saturated carbocycles. The van der Waals surface area contributed by atoms with Crippen molar-refractivity contribution in [1.82, 2.24) is 15.0 Å². The van der Waals surface area contributed by atoms with Crippen LogP contribution in [0.3, 0.4) is 0 Å². The Hall–Kier alpha value is -0.860. The van der Waals surface area contributed by atoms with Crippen LogP contribution in [-0.2, 0) is 6.54 Å². The third-order valence-corrected chi connectivity index (χ3v) is 1.70. The second-order valence-corrected chi connectivity index (χ2v) is 3.91. The quantitative estimate of drug-likeness (QED) is 0.690. The van der Waals surface area contributed by atoms with Gasteiger partial charge in [-0.2, -0.15) is 0 Å². The maximum Gasteiger partial charge on any atom is 0.0852 e. The fourth-order valence-electron chi connectivity index (χ4n) is 1.04. The van der Waals surface area contributed by atoms with E-state index < -0.39 is 0 Å². The zero-order chi connectivity index (χ0) is 9.14. The Morgan fingerprint density at radius 1 is 1.33 bits per heavy atom. The molecule has 1 aromatic heterocycles. The third kappa shape index (κ3) is 2.32. The minimum atomic E-state index is 0.478. The highest BCUT2D eigenvalue weighted by atomic mass is 15.4. The highest BCUT2D eigenvalue weighted by Crippen LogP contribution is 2.09. The van der Waals surface area contributed by atoms with Gasteiger partial charge in [0.25, 0.3) is 0 Å². The lowest BCUT2D eigenvalue weighted by molar-refractivity contribution is 0.472. The van der Waals surface area contributed by atoms with Gasteiger partial charge in [0.15, 0.2) is 0 Å². The van der Waals surface area contributed by atoms with Crippen LogP contribution in [0.5, 0.6) is 0 Å². The normalized spacial score (nSPS) is 11.5. The second kappa shape index (κ2) is 3.70. The molecule has 3 nitrogen and oxygen atoms in total. The highest BCUT2D eigenvalue weighted by Gasteiger charge is 2.05. The van der Waals surface area contributed by atoms with Crippen LogP contribution in [0.2, 0.25) is 0 Å². The van der Waals surface area contributed by atoms with Gasteiger partial charge in [-0.3, -0.25) is 4.68 Å². The van der Waals surface area contributed by atoms with Crippen LogP contribution in [0.15, 0.2) is 6.20 Å². The molecule has 68 valence electrons. The summed E-state index contributed by atoms with van der Waals surface area (Å²) in [5.41, 5.74) is 1.08. The fourth-order valence-corrected chi connectivity index (χ4v) is 1.04. The summed E-state index contributed by atoms with van der Waals surface area (Å²) in [7, 11) is 0. The molecule has 1 rings (SSSR count). The van der Waals surface area contributed by atoms with E-state index in [0.717, 1.165) is 12.2 Å². The van der Waals surface area contributed by atoms with Crippen molar-refractivity contribution < 1.29 is 0 Å². The molecular weight excluding hydrogens is 150 g/mol. The van der Waals surface area contributed by atoms with Crippen molar-refractivity contribution in [2.45, 2.75) is 40.2 Å². The van der Waals surface area contributed by atoms with Crippen molar-refractivity contribution in [1.29, 1.82) is 0 Å². The van der Waals surface area contributed by atoms with Crippen LogP contribution in [0, 0.1) is 5.92 Å². The maximum absolute atomic E-state index is 4.08. The first-order valence-electron chi connectivity index (χ1n) is 4.49. The fraction of sp³-hybridized carbons (Fsp3) is 0.778. The van der Waals surface area contributed by atoms with E-state index in [2.05, 4.69) is 38.0 Å². The predicted octanol–water partition coefficient (Wildman–Crippen LogP) is 2.06. The maximum atomic E-state index is 4.08. The molecule has 1 heterocycles. The number of hydrogen-bond donors (Lipinski definition) is 0. The molecule has 0 radical (unpaired) electrons. The van der Waals surface area contributed by atoms with Crippen LogP contribution in [0.1, 0.15) is 39.3 Å². The topological polar surface area (TPSA) is 30.7 Å². The lowest BCUT2D eigenvalue weighted by Crippen LogP contribution is -2.04. The molecule has 0 amide bonds.